The Morgan fingerprint density at radius 3 is 2.24 bits per heavy atom. The summed E-state index contributed by atoms with van der Waals surface area (Å²) in [6, 6.07) is 26.8. The van der Waals surface area contributed by atoms with Crippen LogP contribution in [0.5, 0.6) is 0 Å². The Labute approximate surface area is 216 Å². The molecule has 0 spiro atoms. The highest BCUT2D eigenvalue weighted by Crippen LogP contribution is 2.25. The van der Waals surface area contributed by atoms with Crippen LogP contribution in [0.15, 0.2) is 91.0 Å². The van der Waals surface area contributed by atoms with Crippen molar-refractivity contribution in [1.82, 2.24) is 14.7 Å². The molecule has 1 heterocycles. The Bertz CT molecular complexity index is 1320. The average molecular weight is 499 g/mol. The molecule has 0 aliphatic rings. The van der Waals surface area contributed by atoms with Crippen LogP contribution in [0.2, 0.25) is 0 Å². The molecule has 37 heavy (non-hydrogen) atoms. The molecule has 0 aliphatic heterocycles. The monoisotopic (exact) mass is 498 g/mol. The molecule has 0 bridgehead atoms. The summed E-state index contributed by atoms with van der Waals surface area (Å²) >= 11 is 0. The molecule has 2 amide bonds. The fourth-order valence-corrected chi connectivity index (χ4v) is 3.94. The minimum absolute atomic E-state index is 0.0757. The third kappa shape index (κ3) is 7.13. The van der Waals surface area contributed by atoms with Gasteiger partial charge in [0.2, 0.25) is 11.8 Å². The van der Waals surface area contributed by atoms with Crippen molar-refractivity contribution in [2.75, 3.05) is 18.4 Å². The van der Waals surface area contributed by atoms with Gasteiger partial charge in [0.1, 0.15) is 11.6 Å². The molecule has 3 aromatic carbocycles. The van der Waals surface area contributed by atoms with Gasteiger partial charge in [-0.25, -0.2) is 9.07 Å². The number of hydrogen-bond acceptors (Lipinski definition) is 3. The zero-order chi connectivity index (χ0) is 26.2. The number of nitrogens with zero attached hydrogens (tertiary/aromatic N) is 3. The standard InChI is InChI=1S/C30H31FN4O2/c1-22(2)17-18-34(30(37)19-23-9-5-3-6-10-23)21-29(36)32-28-20-27(24-11-7-4-8-12-24)33-35(28)26-15-13-25(31)14-16-26/h3-16,20,22H,17-19,21H2,1-2H3,(H,32,36). The van der Waals surface area contributed by atoms with E-state index in [0.29, 0.717) is 29.7 Å². The van der Waals surface area contributed by atoms with Crippen molar-refractivity contribution >= 4 is 17.6 Å². The number of anilines is 1. The van der Waals surface area contributed by atoms with E-state index in [9.17, 15) is 14.0 Å². The van der Waals surface area contributed by atoms with E-state index in [1.807, 2.05) is 60.7 Å². The van der Waals surface area contributed by atoms with Gasteiger partial charge in [-0.3, -0.25) is 9.59 Å². The molecule has 0 radical (unpaired) electrons. The van der Waals surface area contributed by atoms with Gasteiger partial charge in [0.15, 0.2) is 0 Å². The maximum Gasteiger partial charge on any atom is 0.245 e. The van der Waals surface area contributed by atoms with Gasteiger partial charge in [-0.2, -0.15) is 5.10 Å². The second-order valence-corrected chi connectivity index (χ2v) is 9.38. The second-order valence-electron chi connectivity index (χ2n) is 9.38. The molecular weight excluding hydrogens is 467 g/mol. The van der Waals surface area contributed by atoms with Crippen LogP contribution in [0.25, 0.3) is 16.9 Å². The predicted molar refractivity (Wildman–Crippen MR) is 144 cm³/mol. The van der Waals surface area contributed by atoms with E-state index >= 15 is 0 Å². The maximum absolute atomic E-state index is 13.6. The quantitative estimate of drug-likeness (QED) is 0.303. The van der Waals surface area contributed by atoms with Crippen LogP contribution in [0.3, 0.4) is 0 Å². The fourth-order valence-electron chi connectivity index (χ4n) is 3.94. The number of hydrogen-bond donors (Lipinski definition) is 1. The first-order chi connectivity index (χ1) is 17.9. The zero-order valence-corrected chi connectivity index (χ0v) is 21.1. The van der Waals surface area contributed by atoms with E-state index in [0.717, 1.165) is 17.5 Å². The number of nitrogens with one attached hydrogen (secondary N) is 1. The number of benzene rings is 3. The molecule has 7 heteroatoms. The van der Waals surface area contributed by atoms with E-state index in [4.69, 9.17) is 0 Å². The molecule has 4 rings (SSSR count). The third-order valence-corrected chi connectivity index (χ3v) is 5.98. The van der Waals surface area contributed by atoms with Gasteiger partial charge >= 0.3 is 0 Å². The third-order valence-electron chi connectivity index (χ3n) is 5.98. The van der Waals surface area contributed by atoms with Gasteiger partial charge in [-0.1, -0.05) is 74.5 Å². The lowest BCUT2D eigenvalue weighted by atomic mass is 10.1. The van der Waals surface area contributed by atoms with Crippen molar-refractivity contribution in [2.45, 2.75) is 26.7 Å². The summed E-state index contributed by atoms with van der Waals surface area (Å²) in [5.41, 5.74) is 3.06. The van der Waals surface area contributed by atoms with E-state index in [1.54, 1.807) is 27.8 Å². The van der Waals surface area contributed by atoms with Crippen molar-refractivity contribution in [1.29, 1.82) is 0 Å². The van der Waals surface area contributed by atoms with Gasteiger partial charge in [0, 0.05) is 18.2 Å². The summed E-state index contributed by atoms with van der Waals surface area (Å²) in [5, 5.41) is 7.59. The van der Waals surface area contributed by atoms with Gasteiger partial charge in [-0.15, -0.1) is 0 Å². The summed E-state index contributed by atoms with van der Waals surface area (Å²) < 4.78 is 15.1. The zero-order valence-electron chi connectivity index (χ0n) is 21.1. The molecule has 0 saturated heterocycles. The van der Waals surface area contributed by atoms with Crippen LogP contribution in [0.1, 0.15) is 25.8 Å². The van der Waals surface area contributed by atoms with Gasteiger partial charge < -0.3 is 10.2 Å². The van der Waals surface area contributed by atoms with Gasteiger partial charge in [0.05, 0.1) is 24.3 Å². The van der Waals surface area contributed by atoms with Crippen LogP contribution in [0, 0.1) is 11.7 Å². The maximum atomic E-state index is 13.6. The molecule has 1 N–H and O–H groups in total. The Balaban J connectivity index is 1.56. The highest BCUT2D eigenvalue weighted by atomic mass is 19.1. The number of amides is 2. The van der Waals surface area contributed by atoms with E-state index in [-0.39, 0.29) is 30.6 Å². The van der Waals surface area contributed by atoms with Crippen molar-refractivity contribution in [3.63, 3.8) is 0 Å². The number of aromatic nitrogens is 2. The number of carbonyl (C=O) groups is 2. The van der Waals surface area contributed by atoms with E-state index in [2.05, 4.69) is 24.3 Å². The highest BCUT2D eigenvalue weighted by Gasteiger charge is 2.20. The number of halogens is 1. The van der Waals surface area contributed by atoms with Crippen LogP contribution in [0.4, 0.5) is 10.2 Å². The summed E-state index contributed by atoms with van der Waals surface area (Å²) in [5.74, 6) is 0.0489. The molecule has 0 fully saturated rings. The van der Waals surface area contributed by atoms with Crippen molar-refractivity contribution in [2.24, 2.45) is 5.92 Å². The number of carbonyl (C=O) groups excluding carboxylic acids is 2. The Morgan fingerprint density at radius 2 is 1.59 bits per heavy atom. The topological polar surface area (TPSA) is 67.2 Å². The molecule has 190 valence electrons. The molecular formula is C30H31FN4O2. The molecule has 0 saturated carbocycles. The first kappa shape index (κ1) is 25.8. The van der Waals surface area contributed by atoms with E-state index in [1.165, 1.54) is 12.1 Å². The summed E-state index contributed by atoms with van der Waals surface area (Å²) in [4.78, 5) is 27.9. The van der Waals surface area contributed by atoms with Crippen LogP contribution >= 0.6 is 0 Å². The normalized spacial score (nSPS) is 10.9. The lowest BCUT2D eigenvalue weighted by Crippen LogP contribution is -2.40. The number of rotatable bonds is 10. The molecule has 0 aliphatic carbocycles. The summed E-state index contributed by atoms with van der Waals surface area (Å²) in [6.07, 6.45) is 1.03. The summed E-state index contributed by atoms with van der Waals surface area (Å²) in [7, 11) is 0. The van der Waals surface area contributed by atoms with Crippen molar-refractivity contribution in [3.05, 3.63) is 102 Å². The Morgan fingerprint density at radius 1 is 0.946 bits per heavy atom. The Kier molecular flexibility index (Phi) is 8.46. The lowest BCUT2D eigenvalue weighted by molar-refractivity contribution is -0.134. The van der Waals surface area contributed by atoms with E-state index < -0.39 is 0 Å². The smallest absolute Gasteiger partial charge is 0.245 e. The highest BCUT2D eigenvalue weighted by molar-refractivity contribution is 5.95. The van der Waals surface area contributed by atoms with Crippen molar-refractivity contribution < 1.29 is 14.0 Å². The minimum atomic E-state index is -0.359. The second kappa shape index (κ2) is 12.1. The molecule has 0 unspecified atom stereocenters. The van der Waals surface area contributed by atoms with Crippen LogP contribution in [-0.2, 0) is 16.0 Å². The average Bonchev–Trinajstić information content (AvgIpc) is 3.31. The SMILES string of the molecule is CC(C)CCN(CC(=O)Nc1cc(-c2ccccc2)nn1-c1ccc(F)cc1)C(=O)Cc1ccccc1. The molecule has 6 nitrogen and oxygen atoms in total. The minimum Gasteiger partial charge on any atom is -0.333 e. The first-order valence-electron chi connectivity index (χ1n) is 12.4. The Hall–Kier alpha value is -4.26. The van der Waals surface area contributed by atoms with Gasteiger partial charge in [-0.05, 0) is 42.2 Å². The molecule has 1 aromatic heterocycles. The lowest BCUT2D eigenvalue weighted by Gasteiger charge is -2.23. The largest absolute Gasteiger partial charge is 0.333 e. The van der Waals surface area contributed by atoms with Crippen LogP contribution in [-0.4, -0.2) is 39.6 Å². The van der Waals surface area contributed by atoms with Gasteiger partial charge in [0.25, 0.3) is 0 Å². The fraction of sp³-hybridized carbons (Fsp3) is 0.233. The predicted octanol–water partition coefficient (Wildman–Crippen LogP) is 5.73. The van der Waals surface area contributed by atoms with Crippen LogP contribution < -0.4 is 5.32 Å². The first-order valence-corrected chi connectivity index (χ1v) is 12.4. The molecule has 0 atom stereocenters. The molecule has 4 aromatic rings. The summed E-state index contributed by atoms with van der Waals surface area (Å²) in [6.45, 7) is 4.59. The van der Waals surface area contributed by atoms with Crippen molar-refractivity contribution in [3.8, 4) is 16.9 Å².